The van der Waals surface area contributed by atoms with Crippen LogP contribution < -0.4 is 0 Å². The number of carbonyl (C=O) groups is 2. The molecule has 0 fully saturated rings. The quantitative estimate of drug-likeness (QED) is 0.464. The fraction of sp³-hybridized carbons (Fsp3) is 0.750. The molecule has 3 heteroatoms. The first-order chi connectivity index (χ1) is 5.18. The molecule has 0 N–H and O–H groups in total. The van der Waals surface area contributed by atoms with E-state index in [-0.39, 0.29) is 5.97 Å². The van der Waals surface area contributed by atoms with Crippen molar-refractivity contribution in [2.24, 2.45) is 0 Å². The molecule has 0 heterocycles. The van der Waals surface area contributed by atoms with E-state index in [4.69, 9.17) is 0 Å². The lowest BCUT2D eigenvalue weighted by atomic mass is 10.4. The van der Waals surface area contributed by atoms with E-state index in [1.54, 1.807) is 6.92 Å². The van der Waals surface area contributed by atoms with E-state index in [2.05, 4.69) is 4.74 Å². The molecule has 0 unspecified atom stereocenters. The predicted octanol–water partition coefficient (Wildman–Crippen LogP) is 1.55. The van der Waals surface area contributed by atoms with E-state index in [0.29, 0.717) is 13.0 Å². The number of esters is 1. The molecule has 66 valence electrons. The normalized spacial score (nSPS) is 7.55. The van der Waals surface area contributed by atoms with Crippen LogP contribution in [-0.2, 0) is 14.3 Å². The second-order valence-corrected chi connectivity index (χ2v) is 1.88. The average molecular weight is 160 g/mol. The van der Waals surface area contributed by atoms with Crippen LogP contribution in [0.25, 0.3) is 0 Å². The first kappa shape index (κ1) is 12.8. The molecular formula is C8H16O3. The monoisotopic (exact) mass is 160 g/mol. The fourth-order valence-corrected chi connectivity index (χ4v) is 0.321. The Morgan fingerprint density at radius 2 is 2.00 bits per heavy atom. The van der Waals surface area contributed by atoms with E-state index < -0.39 is 0 Å². The zero-order chi connectivity index (χ0) is 9.11. The van der Waals surface area contributed by atoms with Gasteiger partial charge in [0.05, 0.1) is 6.61 Å². The van der Waals surface area contributed by atoms with E-state index in [1.807, 2.05) is 6.92 Å². The number of ether oxygens (including phenoxy) is 1. The fourth-order valence-electron chi connectivity index (χ4n) is 0.321. The molecule has 11 heavy (non-hydrogen) atoms. The summed E-state index contributed by atoms with van der Waals surface area (Å²) in [5.41, 5.74) is 0. The van der Waals surface area contributed by atoms with Gasteiger partial charge in [-0.2, -0.15) is 0 Å². The van der Waals surface area contributed by atoms with Crippen molar-refractivity contribution >= 4 is 12.3 Å². The van der Waals surface area contributed by atoms with Gasteiger partial charge in [-0.15, -0.1) is 0 Å². The molecule has 0 spiro atoms. The molecule has 3 nitrogen and oxygen atoms in total. The molecule has 0 bridgehead atoms. The SMILES string of the molecule is CCCC=O.CCOC(C)=O. The summed E-state index contributed by atoms with van der Waals surface area (Å²) >= 11 is 0. The van der Waals surface area contributed by atoms with Crippen molar-refractivity contribution in [1.82, 2.24) is 0 Å². The smallest absolute Gasteiger partial charge is 0.302 e. The molecule has 0 atom stereocenters. The van der Waals surface area contributed by atoms with Crippen molar-refractivity contribution in [2.75, 3.05) is 6.61 Å². The summed E-state index contributed by atoms with van der Waals surface area (Å²) < 4.78 is 4.40. The first-order valence-electron chi connectivity index (χ1n) is 3.76. The lowest BCUT2D eigenvalue weighted by Crippen LogP contribution is -1.95. The van der Waals surface area contributed by atoms with Crippen molar-refractivity contribution in [2.45, 2.75) is 33.6 Å². The Labute approximate surface area is 67.7 Å². The highest BCUT2D eigenvalue weighted by Gasteiger charge is 1.81. The molecule has 0 aliphatic carbocycles. The van der Waals surface area contributed by atoms with Crippen molar-refractivity contribution in [3.8, 4) is 0 Å². The number of aldehydes is 1. The maximum absolute atomic E-state index is 9.82. The van der Waals surface area contributed by atoms with Gasteiger partial charge >= 0.3 is 5.97 Å². The van der Waals surface area contributed by atoms with Gasteiger partial charge in [-0.3, -0.25) is 4.79 Å². The minimum atomic E-state index is -0.211. The highest BCUT2D eigenvalue weighted by Crippen LogP contribution is 1.74. The highest BCUT2D eigenvalue weighted by molar-refractivity contribution is 5.65. The Hall–Kier alpha value is -0.860. The zero-order valence-electron chi connectivity index (χ0n) is 7.42. The maximum atomic E-state index is 9.82. The Morgan fingerprint density at radius 3 is 2.00 bits per heavy atom. The number of carbonyl (C=O) groups excluding carboxylic acids is 2. The van der Waals surface area contributed by atoms with Crippen LogP contribution in [0, 0.1) is 0 Å². The number of hydrogen-bond donors (Lipinski definition) is 0. The number of unbranched alkanes of at least 4 members (excludes halogenated alkanes) is 1. The van der Waals surface area contributed by atoms with Gasteiger partial charge in [0, 0.05) is 13.3 Å². The minimum Gasteiger partial charge on any atom is -0.466 e. The Kier molecular flexibility index (Phi) is 13.8. The molecule has 0 amide bonds. The van der Waals surface area contributed by atoms with Gasteiger partial charge in [0.2, 0.25) is 0 Å². The minimum absolute atomic E-state index is 0.211. The molecule has 0 saturated carbocycles. The molecular weight excluding hydrogens is 144 g/mol. The van der Waals surface area contributed by atoms with Gasteiger partial charge in [-0.1, -0.05) is 6.92 Å². The summed E-state index contributed by atoms with van der Waals surface area (Å²) in [5, 5.41) is 0. The number of hydrogen-bond acceptors (Lipinski definition) is 3. The summed E-state index contributed by atoms with van der Waals surface area (Å²) in [6.07, 6.45) is 2.61. The molecule has 0 saturated heterocycles. The molecule has 0 aliphatic rings. The van der Waals surface area contributed by atoms with Crippen LogP contribution in [-0.4, -0.2) is 18.9 Å². The topological polar surface area (TPSA) is 43.4 Å². The molecule has 0 aliphatic heterocycles. The molecule has 0 aromatic heterocycles. The Bertz CT molecular complexity index is 99.5. The van der Waals surface area contributed by atoms with E-state index in [0.717, 1.165) is 12.7 Å². The third kappa shape index (κ3) is 27.2. The van der Waals surface area contributed by atoms with Crippen LogP contribution in [0.15, 0.2) is 0 Å². The van der Waals surface area contributed by atoms with Gasteiger partial charge in [0.1, 0.15) is 6.29 Å². The van der Waals surface area contributed by atoms with Gasteiger partial charge in [-0.05, 0) is 13.3 Å². The van der Waals surface area contributed by atoms with Gasteiger partial charge in [-0.25, -0.2) is 0 Å². The largest absolute Gasteiger partial charge is 0.466 e. The van der Waals surface area contributed by atoms with Crippen LogP contribution in [0.4, 0.5) is 0 Å². The Balaban J connectivity index is 0. The van der Waals surface area contributed by atoms with Gasteiger partial charge < -0.3 is 9.53 Å². The number of rotatable bonds is 3. The van der Waals surface area contributed by atoms with Crippen LogP contribution in [0.2, 0.25) is 0 Å². The van der Waals surface area contributed by atoms with E-state index >= 15 is 0 Å². The Morgan fingerprint density at radius 1 is 1.45 bits per heavy atom. The third-order valence-corrected chi connectivity index (χ3v) is 0.754. The molecule has 0 aromatic rings. The second kappa shape index (κ2) is 11.9. The first-order valence-corrected chi connectivity index (χ1v) is 3.76. The second-order valence-electron chi connectivity index (χ2n) is 1.88. The lowest BCUT2D eigenvalue weighted by molar-refractivity contribution is -0.140. The molecule has 0 radical (unpaired) electrons. The standard InChI is InChI=1S/C4H8O2.C4H8O/c1-3-6-4(2)5;1-2-3-4-5/h3H2,1-2H3;4H,2-3H2,1H3. The van der Waals surface area contributed by atoms with Gasteiger partial charge in [0.25, 0.3) is 0 Å². The van der Waals surface area contributed by atoms with E-state index in [1.165, 1.54) is 6.92 Å². The summed E-state index contributed by atoms with van der Waals surface area (Å²) in [7, 11) is 0. The van der Waals surface area contributed by atoms with Crippen LogP contribution in [0.3, 0.4) is 0 Å². The predicted molar refractivity (Wildman–Crippen MR) is 43.3 cm³/mol. The van der Waals surface area contributed by atoms with Crippen molar-refractivity contribution in [3.63, 3.8) is 0 Å². The highest BCUT2D eigenvalue weighted by atomic mass is 16.5. The maximum Gasteiger partial charge on any atom is 0.302 e. The van der Waals surface area contributed by atoms with Gasteiger partial charge in [0.15, 0.2) is 0 Å². The lowest BCUT2D eigenvalue weighted by Gasteiger charge is -1.89. The third-order valence-electron chi connectivity index (χ3n) is 0.754. The van der Waals surface area contributed by atoms with E-state index in [9.17, 15) is 9.59 Å². The molecule has 0 rings (SSSR count). The summed E-state index contributed by atoms with van der Waals surface area (Å²) in [6, 6.07) is 0. The summed E-state index contributed by atoms with van der Waals surface area (Å²) in [5.74, 6) is -0.211. The van der Waals surface area contributed by atoms with Crippen LogP contribution in [0.5, 0.6) is 0 Å². The summed E-state index contributed by atoms with van der Waals surface area (Å²) in [6.45, 7) is 5.63. The van der Waals surface area contributed by atoms with Crippen LogP contribution >= 0.6 is 0 Å². The summed E-state index contributed by atoms with van der Waals surface area (Å²) in [4.78, 5) is 19.2. The zero-order valence-corrected chi connectivity index (χ0v) is 7.42. The van der Waals surface area contributed by atoms with Crippen LogP contribution in [0.1, 0.15) is 33.6 Å². The van der Waals surface area contributed by atoms with Crippen molar-refractivity contribution in [3.05, 3.63) is 0 Å². The van der Waals surface area contributed by atoms with Crippen molar-refractivity contribution < 1.29 is 14.3 Å². The van der Waals surface area contributed by atoms with Crippen molar-refractivity contribution in [1.29, 1.82) is 0 Å². The molecule has 0 aromatic carbocycles. The average Bonchev–Trinajstić information content (AvgIpc) is 1.90.